The lowest BCUT2D eigenvalue weighted by molar-refractivity contribution is -0.129. The van der Waals surface area contributed by atoms with Crippen LogP contribution in [0.2, 0.25) is 0 Å². The van der Waals surface area contributed by atoms with E-state index in [0.29, 0.717) is 17.9 Å². The van der Waals surface area contributed by atoms with Gasteiger partial charge in [0.2, 0.25) is 5.91 Å². The average molecular weight is 306 g/mol. The lowest BCUT2D eigenvalue weighted by Gasteiger charge is -2.21. The Morgan fingerprint density at radius 2 is 1.86 bits per heavy atom. The molecular weight excluding hydrogens is 280 g/mol. The number of likely N-dealkylation sites (tertiary alicyclic amines) is 1. The third kappa shape index (κ3) is 4.37. The van der Waals surface area contributed by atoms with E-state index in [1.165, 1.54) is 12.8 Å². The highest BCUT2D eigenvalue weighted by Gasteiger charge is 2.15. The molecule has 1 fully saturated rings. The van der Waals surface area contributed by atoms with E-state index in [1.807, 2.05) is 30.1 Å². The number of carbonyl (C=O) groups excluding carboxylic acids is 1. The number of benzene rings is 1. The molecule has 1 aliphatic rings. The molecule has 0 spiro atoms. The summed E-state index contributed by atoms with van der Waals surface area (Å²) in [4.78, 5) is 16.5. The van der Waals surface area contributed by atoms with Crippen LogP contribution in [0.1, 0.15) is 18.4 Å². The molecule has 1 aliphatic heterocycles. The summed E-state index contributed by atoms with van der Waals surface area (Å²) < 4.78 is 10.5. The van der Waals surface area contributed by atoms with Crippen LogP contribution in [0.5, 0.6) is 11.5 Å². The summed E-state index contributed by atoms with van der Waals surface area (Å²) in [5.41, 5.74) is 0.940. The molecule has 0 bridgehead atoms. The minimum atomic E-state index is 0.131. The zero-order valence-corrected chi connectivity index (χ0v) is 13.8. The van der Waals surface area contributed by atoms with Gasteiger partial charge >= 0.3 is 0 Å². The molecule has 0 saturated carbocycles. The Hall–Kier alpha value is -1.75. The maximum atomic E-state index is 12.3. The fourth-order valence-electron chi connectivity index (χ4n) is 2.72. The first-order chi connectivity index (χ1) is 10.6. The molecule has 0 unspecified atom stereocenters. The van der Waals surface area contributed by atoms with E-state index in [1.54, 1.807) is 14.2 Å². The van der Waals surface area contributed by atoms with Gasteiger partial charge in [0.1, 0.15) is 0 Å². The van der Waals surface area contributed by atoms with Crippen LogP contribution in [0.25, 0.3) is 0 Å². The van der Waals surface area contributed by atoms with E-state index >= 15 is 0 Å². The summed E-state index contributed by atoms with van der Waals surface area (Å²) >= 11 is 0. The Kier molecular flexibility index (Phi) is 6.07. The highest BCUT2D eigenvalue weighted by molar-refractivity contribution is 5.78. The average Bonchev–Trinajstić information content (AvgIpc) is 3.05. The predicted octanol–water partition coefficient (Wildman–Crippen LogP) is 1.80. The van der Waals surface area contributed by atoms with Gasteiger partial charge in [-0.3, -0.25) is 4.79 Å². The largest absolute Gasteiger partial charge is 0.493 e. The molecule has 0 N–H and O–H groups in total. The van der Waals surface area contributed by atoms with Crippen molar-refractivity contribution in [3.05, 3.63) is 23.8 Å². The van der Waals surface area contributed by atoms with Crippen LogP contribution in [0, 0.1) is 0 Å². The standard InChI is InChI=1S/C17H26N2O3/c1-18(10-11-19-8-4-5-9-19)17(20)13-14-6-7-15(21-2)16(12-14)22-3/h6-7,12H,4-5,8-11,13H2,1-3H3. The minimum Gasteiger partial charge on any atom is -0.493 e. The van der Waals surface area contributed by atoms with E-state index in [4.69, 9.17) is 9.47 Å². The number of amides is 1. The molecule has 0 aromatic heterocycles. The van der Waals surface area contributed by atoms with Crippen molar-refractivity contribution in [1.82, 2.24) is 9.80 Å². The van der Waals surface area contributed by atoms with E-state index in [9.17, 15) is 4.79 Å². The molecule has 22 heavy (non-hydrogen) atoms. The second kappa shape index (κ2) is 8.03. The fourth-order valence-corrected chi connectivity index (χ4v) is 2.72. The molecule has 5 nitrogen and oxygen atoms in total. The van der Waals surface area contributed by atoms with Crippen molar-refractivity contribution in [2.24, 2.45) is 0 Å². The van der Waals surface area contributed by atoms with E-state index in [0.717, 1.165) is 31.7 Å². The Morgan fingerprint density at radius 1 is 1.18 bits per heavy atom. The van der Waals surface area contributed by atoms with Gasteiger partial charge in [0.05, 0.1) is 20.6 Å². The fraction of sp³-hybridized carbons (Fsp3) is 0.588. The first kappa shape index (κ1) is 16.6. The Bertz CT molecular complexity index is 499. The van der Waals surface area contributed by atoms with Gasteiger partial charge in [-0.25, -0.2) is 0 Å². The summed E-state index contributed by atoms with van der Waals surface area (Å²) in [6.07, 6.45) is 2.95. The molecule has 1 heterocycles. The summed E-state index contributed by atoms with van der Waals surface area (Å²) in [7, 11) is 5.08. The number of nitrogens with zero attached hydrogens (tertiary/aromatic N) is 2. The lowest BCUT2D eigenvalue weighted by Crippen LogP contribution is -2.35. The molecule has 5 heteroatoms. The van der Waals surface area contributed by atoms with Gasteiger partial charge in [0, 0.05) is 20.1 Å². The summed E-state index contributed by atoms with van der Waals surface area (Å²) in [6, 6.07) is 5.62. The molecule has 122 valence electrons. The summed E-state index contributed by atoms with van der Waals surface area (Å²) in [6.45, 7) is 4.08. The molecule has 0 atom stereocenters. The Labute approximate surface area is 132 Å². The van der Waals surface area contributed by atoms with Gasteiger partial charge in [-0.15, -0.1) is 0 Å². The van der Waals surface area contributed by atoms with Crippen molar-refractivity contribution in [3.8, 4) is 11.5 Å². The Balaban J connectivity index is 1.87. The molecular formula is C17H26N2O3. The highest BCUT2D eigenvalue weighted by Crippen LogP contribution is 2.27. The maximum absolute atomic E-state index is 12.3. The third-order valence-electron chi connectivity index (χ3n) is 4.18. The number of methoxy groups -OCH3 is 2. The maximum Gasteiger partial charge on any atom is 0.226 e. The highest BCUT2D eigenvalue weighted by atomic mass is 16.5. The number of carbonyl (C=O) groups is 1. The van der Waals surface area contributed by atoms with Crippen LogP contribution in [0.4, 0.5) is 0 Å². The van der Waals surface area contributed by atoms with Gasteiger partial charge in [-0.2, -0.15) is 0 Å². The van der Waals surface area contributed by atoms with Crippen LogP contribution >= 0.6 is 0 Å². The number of rotatable bonds is 7. The topological polar surface area (TPSA) is 42.0 Å². The number of hydrogen-bond donors (Lipinski definition) is 0. The number of hydrogen-bond acceptors (Lipinski definition) is 4. The normalized spacial score (nSPS) is 14.9. The molecule has 1 aromatic carbocycles. The molecule has 1 aromatic rings. The van der Waals surface area contributed by atoms with Crippen molar-refractivity contribution in [2.75, 3.05) is 47.4 Å². The number of likely N-dealkylation sites (N-methyl/N-ethyl adjacent to an activating group) is 1. The van der Waals surface area contributed by atoms with Crippen LogP contribution in [-0.4, -0.2) is 63.2 Å². The van der Waals surface area contributed by atoms with Crippen LogP contribution in [0.15, 0.2) is 18.2 Å². The number of ether oxygens (including phenoxy) is 2. The molecule has 0 aliphatic carbocycles. The lowest BCUT2D eigenvalue weighted by atomic mass is 10.1. The van der Waals surface area contributed by atoms with Crippen LogP contribution in [0.3, 0.4) is 0 Å². The zero-order valence-electron chi connectivity index (χ0n) is 13.8. The predicted molar refractivity (Wildman–Crippen MR) is 86.6 cm³/mol. The monoisotopic (exact) mass is 306 g/mol. The zero-order chi connectivity index (χ0) is 15.9. The van der Waals surface area contributed by atoms with Crippen molar-refractivity contribution >= 4 is 5.91 Å². The van der Waals surface area contributed by atoms with Crippen molar-refractivity contribution in [2.45, 2.75) is 19.3 Å². The first-order valence-electron chi connectivity index (χ1n) is 7.81. The SMILES string of the molecule is COc1ccc(CC(=O)N(C)CCN2CCCC2)cc1OC. The van der Waals surface area contributed by atoms with Gasteiger partial charge < -0.3 is 19.3 Å². The van der Waals surface area contributed by atoms with E-state index < -0.39 is 0 Å². The smallest absolute Gasteiger partial charge is 0.226 e. The summed E-state index contributed by atoms with van der Waals surface area (Å²) in [5, 5.41) is 0. The van der Waals surface area contributed by atoms with Gasteiger partial charge in [-0.05, 0) is 43.6 Å². The molecule has 2 rings (SSSR count). The second-order valence-electron chi connectivity index (χ2n) is 5.73. The Morgan fingerprint density at radius 3 is 2.50 bits per heavy atom. The van der Waals surface area contributed by atoms with E-state index in [2.05, 4.69) is 4.90 Å². The molecule has 0 radical (unpaired) electrons. The van der Waals surface area contributed by atoms with Crippen molar-refractivity contribution in [3.63, 3.8) is 0 Å². The van der Waals surface area contributed by atoms with Gasteiger partial charge in [0.25, 0.3) is 0 Å². The van der Waals surface area contributed by atoms with Crippen molar-refractivity contribution < 1.29 is 14.3 Å². The second-order valence-corrected chi connectivity index (χ2v) is 5.73. The minimum absolute atomic E-state index is 0.131. The molecule has 1 amide bonds. The van der Waals surface area contributed by atoms with E-state index in [-0.39, 0.29) is 5.91 Å². The third-order valence-corrected chi connectivity index (χ3v) is 4.18. The van der Waals surface area contributed by atoms with Gasteiger partial charge in [0.15, 0.2) is 11.5 Å². The van der Waals surface area contributed by atoms with Crippen LogP contribution in [-0.2, 0) is 11.2 Å². The molecule has 1 saturated heterocycles. The van der Waals surface area contributed by atoms with Gasteiger partial charge in [-0.1, -0.05) is 6.07 Å². The first-order valence-corrected chi connectivity index (χ1v) is 7.81. The summed E-state index contributed by atoms with van der Waals surface area (Å²) in [5.74, 6) is 1.47. The van der Waals surface area contributed by atoms with Crippen molar-refractivity contribution in [1.29, 1.82) is 0 Å². The van der Waals surface area contributed by atoms with Crippen LogP contribution < -0.4 is 9.47 Å². The quantitative estimate of drug-likeness (QED) is 0.770.